The maximum atomic E-state index is 12.3. The molecule has 0 aliphatic carbocycles. The molecule has 1 aliphatic heterocycles. The summed E-state index contributed by atoms with van der Waals surface area (Å²) < 4.78 is 1.80. The van der Waals surface area contributed by atoms with Crippen LogP contribution in [0.4, 0.5) is 5.82 Å². The highest BCUT2D eigenvalue weighted by atomic mass is 16.2. The maximum Gasteiger partial charge on any atom is 0.225 e. The van der Waals surface area contributed by atoms with E-state index in [-0.39, 0.29) is 17.5 Å². The average Bonchev–Trinajstić information content (AvgIpc) is 3.19. The molecule has 3 aromatic rings. The van der Waals surface area contributed by atoms with Gasteiger partial charge in [0.05, 0.1) is 23.3 Å². The van der Waals surface area contributed by atoms with Gasteiger partial charge in [0.25, 0.3) is 0 Å². The second-order valence-electron chi connectivity index (χ2n) is 7.57. The van der Waals surface area contributed by atoms with Crippen LogP contribution in [0, 0.1) is 0 Å². The normalized spacial score (nSPS) is 17.9. The summed E-state index contributed by atoms with van der Waals surface area (Å²) in [6.45, 7) is 6.83. The quantitative estimate of drug-likeness (QED) is 0.786. The van der Waals surface area contributed by atoms with Gasteiger partial charge in [-0.05, 0) is 32.9 Å². The molecule has 0 bridgehead atoms. The summed E-state index contributed by atoms with van der Waals surface area (Å²) in [7, 11) is 0. The highest BCUT2D eigenvalue weighted by molar-refractivity contribution is 5.88. The van der Waals surface area contributed by atoms with Crippen LogP contribution in [0.3, 0.4) is 0 Å². The molecule has 0 spiro atoms. The number of nitrogens with zero attached hydrogens (tertiary/aromatic N) is 5. The molecule has 134 valence electrons. The van der Waals surface area contributed by atoms with Gasteiger partial charge in [0.1, 0.15) is 12.1 Å². The van der Waals surface area contributed by atoms with E-state index in [1.165, 1.54) is 6.33 Å². The van der Waals surface area contributed by atoms with Crippen LogP contribution in [0.15, 0.2) is 42.9 Å². The number of hydrogen-bond donors (Lipinski definition) is 1. The van der Waals surface area contributed by atoms with E-state index >= 15 is 0 Å². The third kappa shape index (κ3) is 2.89. The lowest BCUT2D eigenvalue weighted by atomic mass is 10.1. The van der Waals surface area contributed by atoms with Crippen molar-refractivity contribution in [2.75, 3.05) is 11.9 Å². The van der Waals surface area contributed by atoms with Gasteiger partial charge in [-0.15, -0.1) is 0 Å². The smallest absolute Gasteiger partial charge is 0.225 e. The predicted molar refractivity (Wildman–Crippen MR) is 100 cm³/mol. The minimum atomic E-state index is -0.174. The molecular weight excluding hydrogens is 328 g/mol. The molecule has 1 fully saturated rings. The molecule has 1 amide bonds. The van der Waals surface area contributed by atoms with E-state index in [1.54, 1.807) is 10.9 Å². The molecular formula is C19H22N6O. The van der Waals surface area contributed by atoms with Crippen molar-refractivity contribution >= 4 is 22.8 Å². The first kappa shape index (κ1) is 16.5. The monoisotopic (exact) mass is 350 g/mol. The zero-order valence-corrected chi connectivity index (χ0v) is 15.2. The first-order valence-electron chi connectivity index (χ1n) is 8.74. The number of amides is 1. The summed E-state index contributed by atoms with van der Waals surface area (Å²) in [5.74, 6) is 0.881. The molecule has 2 aromatic heterocycles. The third-order valence-corrected chi connectivity index (χ3v) is 4.64. The SMILES string of the molecule is CC(C)(C)N1CC(Nc2ncnc3c2cnn3-c2ccccc2)CC1=O. The second kappa shape index (κ2) is 6.09. The van der Waals surface area contributed by atoms with Gasteiger partial charge in [-0.3, -0.25) is 4.79 Å². The molecule has 3 heterocycles. The molecule has 4 rings (SSSR count). The maximum absolute atomic E-state index is 12.3. The Kier molecular flexibility index (Phi) is 3.86. The van der Waals surface area contributed by atoms with E-state index in [4.69, 9.17) is 0 Å². The van der Waals surface area contributed by atoms with Crippen molar-refractivity contribution in [1.29, 1.82) is 0 Å². The van der Waals surface area contributed by atoms with Crippen molar-refractivity contribution in [3.05, 3.63) is 42.9 Å². The number of hydrogen-bond acceptors (Lipinski definition) is 5. The van der Waals surface area contributed by atoms with Crippen LogP contribution in [0.1, 0.15) is 27.2 Å². The van der Waals surface area contributed by atoms with Gasteiger partial charge in [-0.1, -0.05) is 18.2 Å². The van der Waals surface area contributed by atoms with Gasteiger partial charge < -0.3 is 10.2 Å². The van der Waals surface area contributed by atoms with Gasteiger partial charge in [0.15, 0.2) is 5.65 Å². The molecule has 1 aliphatic rings. The first-order valence-corrected chi connectivity index (χ1v) is 8.74. The van der Waals surface area contributed by atoms with E-state index in [0.717, 1.165) is 16.7 Å². The Hall–Kier alpha value is -2.96. The van der Waals surface area contributed by atoms with Crippen LogP contribution in [0.2, 0.25) is 0 Å². The summed E-state index contributed by atoms with van der Waals surface area (Å²) in [5.41, 5.74) is 1.51. The summed E-state index contributed by atoms with van der Waals surface area (Å²) in [6.07, 6.45) is 3.77. The summed E-state index contributed by atoms with van der Waals surface area (Å²) >= 11 is 0. The average molecular weight is 350 g/mol. The largest absolute Gasteiger partial charge is 0.364 e. The fraction of sp³-hybridized carbons (Fsp3) is 0.368. The van der Waals surface area contributed by atoms with E-state index in [1.807, 2.05) is 35.2 Å². The van der Waals surface area contributed by atoms with Crippen LogP contribution < -0.4 is 5.32 Å². The summed E-state index contributed by atoms with van der Waals surface area (Å²) in [5, 5.41) is 8.73. The predicted octanol–water partition coefficient (Wildman–Crippen LogP) is 2.63. The number of benzene rings is 1. The molecule has 7 heteroatoms. The van der Waals surface area contributed by atoms with E-state index in [9.17, 15) is 4.79 Å². The standard InChI is InChI=1S/C19H22N6O/c1-19(2,3)24-11-13(9-16(24)26)23-17-15-10-22-25(18(15)21-12-20-17)14-7-5-4-6-8-14/h4-8,10,12-13H,9,11H2,1-3H3,(H,20,21,23). The lowest BCUT2D eigenvalue weighted by molar-refractivity contribution is -0.131. The zero-order valence-electron chi connectivity index (χ0n) is 15.2. The Morgan fingerprint density at radius 1 is 1.15 bits per heavy atom. The van der Waals surface area contributed by atoms with Crippen LogP contribution >= 0.6 is 0 Å². The van der Waals surface area contributed by atoms with E-state index < -0.39 is 0 Å². The number of likely N-dealkylation sites (tertiary alicyclic amines) is 1. The van der Waals surface area contributed by atoms with Gasteiger partial charge in [0.2, 0.25) is 5.91 Å². The zero-order chi connectivity index (χ0) is 18.3. The third-order valence-electron chi connectivity index (χ3n) is 4.64. The fourth-order valence-electron chi connectivity index (χ4n) is 3.36. The number of anilines is 1. The molecule has 0 saturated carbocycles. The second-order valence-corrected chi connectivity index (χ2v) is 7.57. The minimum absolute atomic E-state index is 0.0277. The molecule has 7 nitrogen and oxygen atoms in total. The van der Waals surface area contributed by atoms with Crippen molar-refractivity contribution in [3.63, 3.8) is 0 Å². The van der Waals surface area contributed by atoms with Gasteiger partial charge in [-0.25, -0.2) is 14.6 Å². The number of carbonyl (C=O) groups is 1. The van der Waals surface area contributed by atoms with Crippen LogP contribution in [0.5, 0.6) is 0 Å². The van der Waals surface area contributed by atoms with E-state index in [0.29, 0.717) is 18.8 Å². The van der Waals surface area contributed by atoms with Crippen molar-refractivity contribution in [3.8, 4) is 5.69 Å². The van der Waals surface area contributed by atoms with Gasteiger partial charge in [0, 0.05) is 18.5 Å². The molecule has 1 aromatic carbocycles. The Bertz CT molecular complexity index is 944. The number of fused-ring (bicyclic) bond motifs is 1. The van der Waals surface area contributed by atoms with Gasteiger partial charge >= 0.3 is 0 Å². The number of carbonyl (C=O) groups excluding carboxylic acids is 1. The van der Waals surface area contributed by atoms with Crippen LogP contribution in [0.25, 0.3) is 16.7 Å². The van der Waals surface area contributed by atoms with Crippen molar-refractivity contribution in [2.24, 2.45) is 0 Å². The molecule has 1 saturated heterocycles. The highest BCUT2D eigenvalue weighted by Crippen LogP contribution is 2.26. The van der Waals surface area contributed by atoms with Gasteiger partial charge in [-0.2, -0.15) is 5.10 Å². The number of aromatic nitrogens is 4. The summed E-state index contributed by atoms with van der Waals surface area (Å²) in [4.78, 5) is 23.0. The number of para-hydroxylation sites is 1. The topological polar surface area (TPSA) is 75.9 Å². The Balaban J connectivity index is 1.63. The molecule has 0 radical (unpaired) electrons. The Morgan fingerprint density at radius 3 is 2.62 bits per heavy atom. The lowest BCUT2D eigenvalue weighted by Crippen LogP contribution is -2.43. The number of nitrogens with one attached hydrogen (secondary N) is 1. The molecule has 1 unspecified atom stereocenters. The molecule has 26 heavy (non-hydrogen) atoms. The Labute approximate surface area is 152 Å². The lowest BCUT2D eigenvalue weighted by Gasteiger charge is -2.32. The first-order chi connectivity index (χ1) is 12.4. The number of rotatable bonds is 3. The van der Waals surface area contributed by atoms with Crippen LogP contribution in [-0.2, 0) is 4.79 Å². The van der Waals surface area contributed by atoms with Crippen molar-refractivity contribution in [1.82, 2.24) is 24.6 Å². The highest BCUT2D eigenvalue weighted by Gasteiger charge is 2.36. The molecule has 1 atom stereocenters. The fourth-order valence-corrected chi connectivity index (χ4v) is 3.36. The molecule has 1 N–H and O–H groups in total. The van der Waals surface area contributed by atoms with Crippen molar-refractivity contribution < 1.29 is 4.79 Å². The minimum Gasteiger partial charge on any atom is -0.364 e. The summed E-state index contributed by atoms with van der Waals surface area (Å²) in [6, 6.07) is 9.90. The van der Waals surface area contributed by atoms with Crippen molar-refractivity contribution in [2.45, 2.75) is 38.8 Å². The Morgan fingerprint density at radius 2 is 1.92 bits per heavy atom. The van der Waals surface area contributed by atoms with Crippen LogP contribution in [-0.4, -0.2) is 48.7 Å². The van der Waals surface area contributed by atoms with E-state index in [2.05, 4.69) is 41.2 Å².